The van der Waals surface area contributed by atoms with E-state index in [1.165, 1.54) is 18.2 Å². The summed E-state index contributed by atoms with van der Waals surface area (Å²) in [6, 6.07) is 6.97. The summed E-state index contributed by atoms with van der Waals surface area (Å²) < 4.78 is 92.2. The van der Waals surface area contributed by atoms with Gasteiger partial charge in [0, 0.05) is 17.7 Å². The standard InChI is InChI=1S/C19H9ClF6N2O2/c20-12-4-10(5-14-16(12)30-19(25,26)29-14)17(18(22,23)24)6-13(28-8-17)11-3-1-2-9(7-27)15(11)21/h1-5H,6,8H2. The number of rotatable bonds is 2. The first-order valence-electron chi connectivity index (χ1n) is 8.36. The van der Waals surface area contributed by atoms with Crippen molar-refractivity contribution in [2.45, 2.75) is 24.3 Å². The van der Waals surface area contributed by atoms with Gasteiger partial charge in [0.15, 0.2) is 11.5 Å². The van der Waals surface area contributed by atoms with Crippen LogP contribution in [0.3, 0.4) is 0 Å². The van der Waals surface area contributed by atoms with Gasteiger partial charge in [-0.3, -0.25) is 4.99 Å². The lowest BCUT2D eigenvalue weighted by molar-refractivity contribution is -0.286. The predicted octanol–water partition coefficient (Wildman–Crippen LogP) is 5.37. The largest absolute Gasteiger partial charge is 0.586 e. The smallest absolute Gasteiger partial charge is 0.395 e. The van der Waals surface area contributed by atoms with E-state index in [0.29, 0.717) is 0 Å². The van der Waals surface area contributed by atoms with Crippen LogP contribution in [0.15, 0.2) is 35.3 Å². The Labute approximate surface area is 170 Å². The summed E-state index contributed by atoms with van der Waals surface area (Å²) in [4.78, 5) is 3.87. The molecule has 2 aliphatic rings. The lowest BCUT2D eigenvalue weighted by atomic mass is 9.76. The highest BCUT2D eigenvalue weighted by atomic mass is 35.5. The van der Waals surface area contributed by atoms with Crippen molar-refractivity contribution < 1.29 is 35.8 Å². The molecular formula is C19H9ClF6N2O2. The highest BCUT2D eigenvalue weighted by Gasteiger charge is 2.59. The molecule has 1 atom stereocenters. The van der Waals surface area contributed by atoms with Crippen molar-refractivity contribution in [2.24, 2.45) is 4.99 Å². The Morgan fingerprint density at radius 2 is 1.90 bits per heavy atom. The molecule has 2 aromatic rings. The van der Waals surface area contributed by atoms with Crippen LogP contribution in [0.1, 0.15) is 23.1 Å². The second-order valence-electron chi connectivity index (χ2n) is 6.75. The average molecular weight is 447 g/mol. The molecule has 0 N–H and O–H groups in total. The molecule has 0 spiro atoms. The summed E-state index contributed by atoms with van der Waals surface area (Å²) in [7, 11) is 0. The molecule has 2 aliphatic heterocycles. The molecule has 0 saturated carbocycles. The van der Waals surface area contributed by atoms with Crippen LogP contribution in [0.2, 0.25) is 5.02 Å². The molecule has 0 fully saturated rings. The van der Waals surface area contributed by atoms with Gasteiger partial charge >= 0.3 is 12.5 Å². The number of alkyl halides is 5. The zero-order valence-electron chi connectivity index (χ0n) is 14.7. The van der Waals surface area contributed by atoms with Crippen LogP contribution in [-0.2, 0) is 5.41 Å². The van der Waals surface area contributed by atoms with Crippen molar-refractivity contribution in [3.05, 3.63) is 57.9 Å². The Kier molecular flexibility index (Phi) is 4.43. The molecule has 11 heteroatoms. The number of hydrogen-bond acceptors (Lipinski definition) is 4. The molecule has 4 nitrogen and oxygen atoms in total. The maximum absolute atomic E-state index is 14.5. The number of hydrogen-bond donors (Lipinski definition) is 0. The highest BCUT2D eigenvalue weighted by Crippen LogP contribution is 2.53. The summed E-state index contributed by atoms with van der Waals surface area (Å²) in [5, 5.41) is 8.46. The molecule has 0 saturated heterocycles. The Morgan fingerprint density at radius 1 is 1.17 bits per heavy atom. The SMILES string of the molecule is N#Cc1cccc(C2=NCC(c3cc(Cl)c4c(c3)OC(F)(F)O4)(C(F)(F)F)C2)c1F. The van der Waals surface area contributed by atoms with Gasteiger partial charge in [-0.05, 0) is 23.8 Å². The van der Waals surface area contributed by atoms with Crippen molar-refractivity contribution in [3.63, 3.8) is 0 Å². The molecule has 1 unspecified atom stereocenters. The van der Waals surface area contributed by atoms with E-state index in [4.69, 9.17) is 16.9 Å². The topological polar surface area (TPSA) is 54.6 Å². The number of ether oxygens (including phenoxy) is 2. The third-order valence-corrected chi connectivity index (χ3v) is 5.27. The summed E-state index contributed by atoms with van der Waals surface area (Å²) >= 11 is 5.87. The molecule has 0 aliphatic carbocycles. The first-order chi connectivity index (χ1) is 14.0. The molecular weight excluding hydrogens is 438 g/mol. The van der Waals surface area contributed by atoms with Gasteiger partial charge in [-0.1, -0.05) is 23.7 Å². The van der Waals surface area contributed by atoms with E-state index in [1.807, 2.05) is 0 Å². The van der Waals surface area contributed by atoms with Gasteiger partial charge in [0.25, 0.3) is 0 Å². The number of aliphatic imine (C=N–C) groups is 1. The first kappa shape index (κ1) is 20.3. The van der Waals surface area contributed by atoms with Gasteiger partial charge in [0.2, 0.25) is 0 Å². The van der Waals surface area contributed by atoms with Crippen LogP contribution < -0.4 is 9.47 Å². The quantitative estimate of drug-likeness (QED) is 0.583. The second kappa shape index (κ2) is 6.54. The monoisotopic (exact) mass is 446 g/mol. The van der Waals surface area contributed by atoms with Crippen LogP contribution in [0, 0.1) is 17.1 Å². The Balaban J connectivity index is 1.79. The molecule has 0 amide bonds. The summed E-state index contributed by atoms with van der Waals surface area (Å²) in [5.74, 6) is -2.20. The normalized spacial score (nSPS) is 22.0. The average Bonchev–Trinajstić information content (AvgIpc) is 3.23. The molecule has 30 heavy (non-hydrogen) atoms. The highest BCUT2D eigenvalue weighted by molar-refractivity contribution is 6.32. The lowest BCUT2D eigenvalue weighted by Gasteiger charge is -2.31. The summed E-state index contributed by atoms with van der Waals surface area (Å²) in [5.41, 5.74) is -3.92. The number of halogens is 7. The number of fused-ring (bicyclic) bond motifs is 1. The van der Waals surface area contributed by atoms with Crippen LogP contribution in [0.4, 0.5) is 26.3 Å². The van der Waals surface area contributed by atoms with Crippen LogP contribution >= 0.6 is 11.6 Å². The van der Waals surface area contributed by atoms with Crippen LogP contribution in [-0.4, -0.2) is 24.7 Å². The van der Waals surface area contributed by atoms with Gasteiger partial charge in [0.1, 0.15) is 17.3 Å². The van der Waals surface area contributed by atoms with Gasteiger partial charge < -0.3 is 9.47 Å². The molecule has 2 aromatic carbocycles. The van der Waals surface area contributed by atoms with E-state index < -0.39 is 58.8 Å². The summed E-state index contributed by atoms with van der Waals surface area (Å²) in [6.45, 7) is -0.825. The third-order valence-electron chi connectivity index (χ3n) is 4.99. The van der Waals surface area contributed by atoms with Gasteiger partial charge in [0.05, 0.1) is 17.1 Å². The molecule has 156 valence electrons. The molecule has 0 aromatic heterocycles. The molecule has 2 heterocycles. The lowest BCUT2D eigenvalue weighted by Crippen LogP contribution is -2.43. The van der Waals surface area contributed by atoms with E-state index in [0.717, 1.165) is 12.1 Å². The minimum absolute atomic E-state index is 0.207. The Bertz CT molecular complexity index is 1130. The number of benzene rings is 2. The third kappa shape index (κ3) is 3.04. The van der Waals surface area contributed by atoms with E-state index in [2.05, 4.69) is 14.5 Å². The first-order valence-corrected chi connectivity index (χ1v) is 8.74. The summed E-state index contributed by atoms with van der Waals surface area (Å²) in [6.07, 6.45) is -9.73. The van der Waals surface area contributed by atoms with Crippen molar-refractivity contribution in [1.29, 1.82) is 5.26 Å². The number of nitrogens with zero attached hydrogens (tertiary/aromatic N) is 2. The van der Waals surface area contributed by atoms with Gasteiger partial charge in [-0.15, -0.1) is 8.78 Å². The predicted molar refractivity (Wildman–Crippen MR) is 92.5 cm³/mol. The van der Waals surface area contributed by atoms with Crippen LogP contribution in [0.5, 0.6) is 11.5 Å². The van der Waals surface area contributed by atoms with E-state index >= 15 is 0 Å². The second-order valence-corrected chi connectivity index (χ2v) is 7.16. The van der Waals surface area contributed by atoms with Crippen molar-refractivity contribution in [3.8, 4) is 17.6 Å². The minimum atomic E-state index is -4.89. The van der Waals surface area contributed by atoms with Crippen molar-refractivity contribution in [2.75, 3.05) is 6.54 Å². The molecule has 4 rings (SSSR count). The number of nitriles is 1. The molecule has 0 radical (unpaired) electrons. The van der Waals surface area contributed by atoms with Crippen molar-refractivity contribution in [1.82, 2.24) is 0 Å². The Morgan fingerprint density at radius 3 is 2.57 bits per heavy atom. The maximum atomic E-state index is 14.5. The van der Waals surface area contributed by atoms with Crippen molar-refractivity contribution >= 4 is 17.3 Å². The van der Waals surface area contributed by atoms with E-state index in [-0.39, 0.29) is 16.8 Å². The van der Waals surface area contributed by atoms with E-state index in [1.54, 1.807) is 6.07 Å². The van der Waals surface area contributed by atoms with Gasteiger partial charge in [-0.2, -0.15) is 18.4 Å². The van der Waals surface area contributed by atoms with E-state index in [9.17, 15) is 26.3 Å². The molecule has 0 bridgehead atoms. The van der Waals surface area contributed by atoms with Crippen LogP contribution in [0.25, 0.3) is 0 Å². The fourth-order valence-electron chi connectivity index (χ4n) is 3.48. The maximum Gasteiger partial charge on any atom is 0.586 e. The fourth-order valence-corrected chi connectivity index (χ4v) is 3.73. The minimum Gasteiger partial charge on any atom is -0.395 e. The Hall–Kier alpha value is -2.93. The van der Waals surface area contributed by atoms with Gasteiger partial charge in [-0.25, -0.2) is 4.39 Å². The zero-order chi connectivity index (χ0) is 21.9. The zero-order valence-corrected chi connectivity index (χ0v) is 15.4. The fraction of sp³-hybridized carbons (Fsp3) is 0.263.